The highest BCUT2D eigenvalue weighted by Crippen LogP contribution is 2.14. The van der Waals surface area contributed by atoms with Gasteiger partial charge in [0.05, 0.1) is 7.11 Å². The monoisotopic (exact) mass is 246 g/mol. The lowest BCUT2D eigenvalue weighted by atomic mass is 10.1. The first kappa shape index (κ1) is 12.6. The number of benzene rings is 1. The number of aliphatic imine (C=N–C) groups is 1. The van der Waals surface area contributed by atoms with E-state index in [1.54, 1.807) is 7.11 Å². The van der Waals surface area contributed by atoms with Crippen LogP contribution in [0.5, 0.6) is 5.75 Å². The van der Waals surface area contributed by atoms with E-state index < -0.39 is 0 Å². The molecule has 0 fully saturated rings. The van der Waals surface area contributed by atoms with E-state index in [0.29, 0.717) is 6.42 Å². The molecule has 1 aromatic carbocycles. The molecular formula is C14H18N2O2. The zero-order chi connectivity index (χ0) is 13.0. The summed E-state index contributed by atoms with van der Waals surface area (Å²) in [6.07, 6.45) is 2.45. The van der Waals surface area contributed by atoms with Crippen LogP contribution in [0.1, 0.15) is 25.3 Å². The molecule has 1 aromatic rings. The van der Waals surface area contributed by atoms with Crippen molar-refractivity contribution >= 4 is 11.7 Å². The molecule has 1 unspecified atom stereocenters. The molecule has 1 N–H and O–H groups in total. The van der Waals surface area contributed by atoms with Crippen LogP contribution in [0.4, 0.5) is 0 Å². The normalized spacial score (nSPS) is 18.4. The Morgan fingerprint density at radius 3 is 2.67 bits per heavy atom. The maximum Gasteiger partial charge on any atom is 0.250 e. The van der Waals surface area contributed by atoms with E-state index in [4.69, 9.17) is 4.74 Å². The molecule has 2 rings (SSSR count). The molecule has 4 nitrogen and oxygen atoms in total. The molecule has 1 heterocycles. The van der Waals surface area contributed by atoms with Gasteiger partial charge in [0.15, 0.2) is 0 Å². The molecule has 0 spiro atoms. The second kappa shape index (κ2) is 5.67. The smallest absolute Gasteiger partial charge is 0.250 e. The van der Waals surface area contributed by atoms with Crippen molar-refractivity contribution in [2.24, 2.45) is 4.99 Å². The van der Waals surface area contributed by atoms with Crippen molar-refractivity contribution in [3.05, 3.63) is 29.8 Å². The summed E-state index contributed by atoms with van der Waals surface area (Å²) >= 11 is 0. The third-order valence-electron chi connectivity index (χ3n) is 2.97. The Morgan fingerprint density at radius 2 is 2.06 bits per heavy atom. The lowest BCUT2D eigenvalue weighted by Gasteiger charge is -2.03. The number of nitrogens with one attached hydrogen (secondary N) is 1. The predicted molar refractivity (Wildman–Crippen MR) is 71.0 cm³/mol. The molecule has 4 heteroatoms. The SMILES string of the molecule is CCCC1N=C(Cc2ccc(OC)cc2)NC1=O. The van der Waals surface area contributed by atoms with Crippen LogP contribution in [0.25, 0.3) is 0 Å². The average Bonchev–Trinajstić information content (AvgIpc) is 2.71. The fourth-order valence-electron chi connectivity index (χ4n) is 2.00. The minimum atomic E-state index is -0.191. The molecule has 18 heavy (non-hydrogen) atoms. The molecule has 0 bridgehead atoms. The predicted octanol–water partition coefficient (Wildman–Crippen LogP) is 1.93. The van der Waals surface area contributed by atoms with Crippen molar-refractivity contribution in [1.29, 1.82) is 0 Å². The summed E-state index contributed by atoms with van der Waals surface area (Å²) < 4.78 is 5.11. The Hall–Kier alpha value is -1.84. The highest BCUT2D eigenvalue weighted by Gasteiger charge is 2.24. The molecule has 1 aliphatic rings. The van der Waals surface area contributed by atoms with Crippen molar-refractivity contribution in [2.75, 3.05) is 7.11 Å². The number of ether oxygens (including phenoxy) is 1. The zero-order valence-corrected chi connectivity index (χ0v) is 10.8. The lowest BCUT2D eigenvalue weighted by Crippen LogP contribution is -2.29. The maximum atomic E-state index is 11.6. The number of methoxy groups -OCH3 is 1. The van der Waals surface area contributed by atoms with Crippen LogP contribution in [-0.2, 0) is 11.2 Å². The first-order valence-corrected chi connectivity index (χ1v) is 6.23. The number of carbonyl (C=O) groups is 1. The summed E-state index contributed by atoms with van der Waals surface area (Å²) in [6.45, 7) is 2.06. The van der Waals surface area contributed by atoms with E-state index in [2.05, 4.69) is 17.2 Å². The van der Waals surface area contributed by atoms with Crippen LogP contribution >= 0.6 is 0 Å². The summed E-state index contributed by atoms with van der Waals surface area (Å²) in [7, 11) is 1.64. The topological polar surface area (TPSA) is 50.7 Å². The average molecular weight is 246 g/mol. The van der Waals surface area contributed by atoms with Crippen molar-refractivity contribution in [1.82, 2.24) is 5.32 Å². The van der Waals surface area contributed by atoms with Crippen molar-refractivity contribution in [3.63, 3.8) is 0 Å². The first-order valence-electron chi connectivity index (χ1n) is 6.23. The summed E-state index contributed by atoms with van der Waals surface area (Å²) in [5.74, 6) is 1.63. The number of nitrogens with zero attached hydrogens (tertiary/aromatic N) is 1. The Morgan fingerprint density at radius 1 is 1.33 bits per heavy atom. The molecule has 0 aliphatic carbocycles. The Labute approximate surface area is 107 Å². The van der Waals surface area contributed by atoms with Gasteiger partial charge in [-0.3, -0.25) is 9.79 Å². The van der Waals surface area contributed by atoms with E-state index in [9.17, 15) is 4.79 Å². The van der Waals surface area contributed by atoms with Crippen molar-refractivity contribution < 1.29 is 9.53 Å². The molecular weight excluding hydrogens is 228 g/mol. The fraction of sp³-hybridized carbons (Fsp3) is 0.429. The molecule has 0 saturated heterocycles. The van der Waals surface area contributed by atoms with E-state index in [1.165, 1.54) is 0 Å². The quantitative estimate of drug-likeness (QED) is 0.863. The van der Waals surface area contributed by atoms with Gasteiger partial charge < -0.3 is 10.1 Å². The molecule has 0 radical (unpaired) electrons. The number of amides is 1. The summed E-state index contributed by atoms with van der Waals surface area (Å²) in [4.78, 5) is 16.0. The van der Waals surface area contributed by atoms with Crippen molar-refractivity contribution in [2.45, 2.75) is 32.2 Å². The van der Waals surface area contributed by atoms with Crippen LogP contribution in [0.2, 0.25) is 0 Å². The van der Waals surface area contributed by atoms with Gasteiger partial charge in [-0.1, -0.05) is 25.5 Å². The minimum Gasteiger partial charge on any atom is -0.497 e. The second-order valence-corrected chi connectivity index (χ2v) is 4.39. The van der Waals surface area contributed by atoms with Crippen molar-refractivity contribution in [3.8, 4) is 5.75 Å². The van der Waals surface area contributed by atoms with Gasteiger partial charge in [0, 0.05) is 6.42 Å². The summed E-state index contributed by atoms with van der Waals surface area (Å²) in [5.41, 5.74) is 1.12. The molecule has 1 atom stereocenters. The van der Waals surface area contributed by atoms with Gasteiger partial charge in [0.1, 0.15) is 17.6 Å². The highest BCUT2D eigenvalue weighted by molar-refractivity contribution is 6.06. The standard InChI is InChI=1S/C14H18N2O2/c1-3-4-12-14(17)16-13(15-12)9-10-5-7-11(18-2)8-6-10/h5-8,12H,3-4,9H2,1-2H3,(H,15,16,17). The van der Waals surface area contributed by atoms with Crippen LogP contribution < -0.4 is 10.1 Å². The molecule has 1 amide bonds. The van der Waals surface area contributed by atoms with E-state index in [1.807, 2.05) is 24.3 Å². The van der Waals surface area contributed by atoms with E-state index >= 15 is 0 Å². The number of hydrogen-bond acceptors (Lipinski definition) is 3. The number of hydrogen-bond donors (Lipinski definition) is 1. The van der Waals surface area contributed by atoms with Crippen LogP contribution in [0.15, 0.2) is 29.3 Å². The number of carbonyl (C=O) groups excluding carboxylic acids is 1. The van der Waals surface area contributed by atoms with Gasteiger partial charge in [-0.05, 0) is 24.1 Å². The Bertz CT molecular complexity index is 451. The zero-order valence-electron chi connectivity index (χ0n) is 10.8. The lowest BCUT2D eigenvalue weighted by molar-refractivity contribution is -0.120. The molecule has 0 aromatic heterocycles. The van der Waals surface area contributed by atoms with Gasteiger partial charge >= 0.3 is 0 Å². The van der Waals surface area contributed by atoms with Crippen LogP contribution in [-0.4, -0.2) is 24.9 Å². The molecule has 0 saturated carbocycles. The summed E-state index contributed by atoms with van der Waals surface area (Å²) in [5, 5.41) is 2.85. The van der Waals surface area contributed by atoms with Gasteiger partial charge in [0.2, 0.25) is 5.91 Å². The van der Waals surface area contributed by atoms with Gasteiger partial charge in [0.25, 0.3) is 0 Å². The van der Waals surface area contributed by atoms with Gasteiger partial charge in [-0.15, -0.1) is 0 Å². The maximum absolute atomic E-state index is 11.6. The van der Waals surface area contributed by atoms with Gasteiger partial charge in [-0.2, -0.15) is 0 Å². The highest BCUT2D eigenvalue weighted by atomic mass is 16.5. The minimum absolute atomic E-state index is 0.0281. The third kappa shape index (κ3) is 2.88. The third-order valence-corrected chi connectivity index (χ3v) is 2.97. The van der Waals surface area contributed by atoms with Crippen LogP contribution in [0, 0.1) is 0 Å². The molecule has 96 valence electrons. The van der Waals surface area contributed by atoms with Gasteiger partial charge in [-0.25, -0.2) is 0 Å². The molecule has 1 aliphatic heterocycles. The first-order chi connectivity index (χ1) is 8.72. The number of amidine groups is 1. The fourth-order valence-corrected chi connectivity index (χ4v) is 2.00. The van der Waals surface area contributed by atoms with Crippen LogP contribution in [0.3, 0.4) is 0 Å². The Balaban J connectivity index is 2.01. The van der Waals surface area contributed by atoms with E-state index in [-0.39, 0.29) is 11.9 Å². The Kier molecular flexibility index (Phi) is 3.97. The summed E-state index contributed by atoms with van der Waals surface area (Å²) in [6, 6.07) is 7.61. The second-order valence-electron chi connectivity index (χ2n) is 4.39. The van der Waals surface area contributed by atoms with E-state index in [0.717, 1.165) is 30.0 Å². The number of rotatable bonds is 5. The largest absolute Gasteiger partial charge is 0.497 e.